The average Bonchev–Trinajstić information content (AvgIpc) is 3.64. The van der Waals surface area contributed by atoms with Crippen molar-refractivity contribution in [2.75, 3.05) is 0 Å². The van der Waals surface area contributed by atoms with Gasteiger partial charge in [-0.05, 0) is 109 Å². The quantitative estimate of drug-likeness (QED) is 0.174. The summed E-state index contributed by atoms with van der Waals surface area (Å²) < 4.78 is 0. The number of aromatic nitrogens is 2. The molecule has 1 aliphatic heterocycles. The van der Waals surface area contributed by atoms with E-state index in [-0.39, 0.29) is 0 Å². The maximum atomic E-state index is 9.46. The molecule has 0 amide bonds. The Hall–Kier alpha value is -7.84. The minimum atomic E-state index is -0.605. The second-order valence-corrected chi connectivity index (χ2v) is 17.0. The van der Waals surface area contributed by atoms with Crippen LogP contribution >= 0.6 is 11.8 Å². The normalized spacial score (nSPS) is 12.9. The maximum absolute atomic E-state index is 9.46. The molecule has 0 fully saturated rings. The van der Waals surface area contributed by atoms with Crippen molar-refractivity contribution in [1.29, 1.82) is 5.26 Å². The lowest BCUT2D eigenvalue weighted by Gasteiger charge is -2.40. The summed E-state index contributed by atoms with van der Waals surface area (Å²) in [5.74, 6) is 0.695. The summed E-state index contributed by atoms with van der Waals surface area (Å²) in [5, 5.41) is 11.8. The molecule has 2 aliphatic rings. The van der Waals surface area contributed by atoms with Gasteiger partial charge in [-0.1, -0.05) is 182 Å². The zero-order valence-electron chi connectivity index (χ0n) is 33.5. The van der Waals surface area contributed by atoms with E-state index in [4.69, 9.17) is 9.97 Å². The highest BCUT2D eigenvalue weighted by molar-refractivity contribution is 7.99. The zero-order chi connectivity index (χ0) is 41.2. The molecule has 1 aromatic heterocycles. The van der Waals surface area contributed by atoms with Crippen LogP contribution < -0.4 is 0 Å². The van der Waals surface area contributed by atoms with Crippen molar-refractivity contribution in [3.8, 4) is 73.4 Å². The highest BCUT2D eigenvalue weighted by Crippen LogP contribution is 2.63. The van der Waals surface area contributed by atoms with E-state index < -0.39 is 5.41 Å². The van der Waals surface area contributed by atoms with Gasteiger partial charge in [0.2, 0.25) is 0 Å². The molecule has 62 heavy (non-hydrogen) atoms. The zero-order valence-corrected chi connectivity index (χ0v) is 34.3. The van der Waals surface area contributed by atoms with Gasteiger partial charge < -0.3 is 0 Å². The Bertz CT molecular complexity index is 3340. The fraction of sp³-hybridized carbons (Fsp3) is 0.0172. The molecule has 1 spiro atoms. The van der Waals surface area contributed by atoms with E-state index in [2.05, 4.69) is 182 Å². The smallest absolute Gasteiger partial charge is 0.160 e. The van der Waals surface area contributed by atoms with Gasteiger partial charge in [-0.3, -0.25) is 0 Å². The van der Waals surface area contributed by atoms with Gasteiger partial charge in [0.15, 0.2) is 5.82 Å². The first-order chi connectivity index (χ1) is 30.7. The highest BCUT2D eigenvalue weighted by Gasteiger charge is 2.50. The standard InChI is InChI=1S/C58H35N3S/c59-36-37-23-25-38(26-24-37)43-29-30-44(46-18-8-7-17-45(43)46)41-27-31-55-51(33-41)58(49-21-11-9-19-47(49)48-20-10-12-22-50(48)58)52-34-42(28-32-56(52)62-55)57-60-53(39-13-3-1-4-14-39)35-54(61-57)40-15-5-2-6-16-40/h1-35H. The first kappa shape index (κ1) is 36.0. The number of rotatable bonds is 5. The van der Waals surface area contributed by atoms with Crippen molar-refractivity contribution in [3.05, 3.63) is 240 Å². The molecule has 4 heteroatoms. The highest BCUT2D eigenvalue weighted by atomic mass is 32.2. The number of nitrogens with zero attached hydrogens (tertiary/aromatic N) is 3. The summed E-state index contributed by atoms with van der Waals surface area (Å²) in [6.07, 6.45) is 0. The molecule has 1 aliphatic carbocycles. The van der Waals surface area contributed by atoms with E-state index in [0.717, 1.165) is 39.2 Å². The Morgan fingerprint density at radius 3 is 1.40 bits per heavy atom. The molecule has 9 aromatic carbocycles. The molecule has 3 nitrogen and oxygen atoms in total. The third kappa shape index (κ3) is 5.60. The Morgan fingerprint density at radius 1 is 0.371 bits per heavy atom. The number of hydrogen-bond acceptors (Lipinski definition) is 4. The first-order valence-corrected chi connectivity index (χ1v) is 21.7. The second-order valence-electron chi connectivity index (χ2n) is 16.0. The number of fused-ring (bicyclic) bond motifs is 10. The van der Waals surface area contributed by atoms with E-state index in [1.54, 1.807) is 0 Å². The van der Waals surface area contributed by atoms with E-state index in [9.17, 15) is 5.26 Å². The lowest BCUT2D eigenvalue weighted by molar-refractivity contribution is 0.723. The van der Waals surface area contributed by atoms with Gasteiger partial charge in [0, 0.05) is 26.5 Å². The first-order valence-electron chi connectivity index (χ1n) is 20.9. The van der Waals surface area contributed by atoms with E-state index in [0.29, 0.717) is 11.4 Å². The minimum Gasteiger partial charge on any atom is -0.228 e. The van der Waals surface area contributed by atoms with Crippen LogP contribution in [0.1, 0.15) is 27.8 Å². The molecule has 0 atom stereocenters. The van der Waals surface area contributed by atoms with Crippen LogP contribution in [0.2, 0.25) is 0 Å². The van der Waals surface area contributed by atoms with Crippen molar-refractivity contribution in [3.63, 3.8) is 0 Å². The van der Waals surface area contributed by atoms with Crippen molar-refractivity contribution in [2.45, 2.75) is 15.2 Å². The maximum Gasteiger partial charge on any atom is 0.160 e. The number of hydrogen-bond donors (Lipinski definition) is 0. The monoisotopic (exact) mass is 805 g/mol. The van der Waals surface area contributed by atoms with Crippen LogP contribution in [0.3, 0.4) is 0 Å². The average molecular weight is 806 g/mol. The summed E-state index contributed by atoms with van der Waals surface area (Å²) in [7, 11) is 0. The Kier molecular flexibility index (Phi) is 8.38. The van der Waals surface area contributed by atoms with Crippen LogP contribution in [0.15, 0.2) is 222 Å². The summed E-state index contributed by atoms with van der Waals surface area (Å²) in [6, 6.07) is 78.1. The van der Waals surface area contributed by atoms with Crippen LogP contribution in [0, 0.1) is 11.3 Å². The minimum absolute atomic E-state index is 0.605. The molecular weight excluding hydrogens is 771 g/mol. The Labute approximate surface area is 364 Å². The van der Waals surface area contributed by atoms with Gasteiger partial charge in [-0.15, -0.1) is 0 Å². The van der Waals surface area contributed by atoms with Crippen LogP contribution in [0.4, 0.5) is 0 Å². The molecule has 0 N–H and O–H groups in total. The number of nitriles is 1. The summed E-state index contributed by atoms with van der Waals surface area (Å²) in [6.45, 7) is 0. The fourth-order valence-corrected chi connectivity index (χ4v) is 11.0. The third-order valence-corrected chi connectivity index (χ3v) is 13.8. The Morgan fingerprint density at radius 2 is 0.839 bits per heavy atom. The topological polar surface area (TPSA) is 49.6 Å². The predicted molar refractivity (Wildman–Crippen MR) is 253 cm³/mol. The predicted octanol–water partition coefficient (Wildman–Crippen LogP) is 14.7. The second kappa shape index (κ2) is 14.4. The molecular formula is C58H35N3S. The van der Waals surface area contributed by atoms with E-state index in [1.807, 2.05) is 48.2 Å². The lowest BCUT2D eigenvalue weighted by Crippen LogP contribution is -2.32. The van der Waals surface area contributed by atoms with Crippen molar-refractivity contribution < 1.29 is 0 Å². The van der Waals surface area contributed by atoms with Gasteiger partial charge in [-0.2, -0.15) is 5.26 Å². The van der Waals surface area contributed by atoms with Gasteiger partial charge in [0.05, 0.1) is 28.4 Å². The van der Waals surface area contributed by atoms with Crippen LogP contribution in [0.5, 0.6) is 0 Å². The van der Waals surface area contributed by atoms with Crippen LogP contribution in [-0.4, -0.2) is 9.97 Å². The molecule has 0 radical (unpaired) electrons. The summed E-state index contributed by atoms with van der Waals surface area (Å²) >= 11 is 1.84. The van der Waals surface area contributed by atoms with Gasteiger partial charge >= 0.3 is 0 Å². The van der Waals surface area contributed by atoms with Crippen molar-refractivity contribution in [2.24, 2.45) is 0 Å². The van der Waals surface area contributed by atoms with Crippen LogP contribution in [0.25, 0.3) is 78.1 Å². The van der Waals surface area contributed by atoms with Crippen LogP contribution in [-0.2, 0) is 5.41 Å². The third-order valence-electron chi connectivity index (χ3n) is 12.6. The molecule has 0 saturated heterocycles. The number of benzene rings is 9. The molecule has 0 saturated carbocycles. The molecule has 288 valence electrons. The molecule has 10 aromatic rings. The molecule has 2 heterocycles. The van der Waals surface area contributed by atoms with E-state index in [1.165, 1.54) is 65.1 Å². The fourth-order valence-electron chi connectivity index (χ4n) is 9.83. The van der Waals surface area contributed by atoms with Gasteiger partial charge in [0.25, 0.3) is 0 Å². The van der Waals surface area contributed by atoms with Crippen molar-refractivity contribution in [1.82, 2.24) is 9.97 Å². The lowest BCUT2D eigenvalue weighted by atomic mass is 9.66. The molecule has 12 rings (SSSR count). The molecule has 0 bridgehead atoms. The van der Waals surface area contributed by atoms with E-state index >= 15 is 0 Å². The SMILES string of the molecule is N#Cc1ccc(-c2ccc(-c3ccc4c(c3)C3(c5cc(-c6nc(-c7ccccc7)cc(-c7ccccc7)n6)ccc5S4)c4ccccc4-c4ccccc43)c3ccccc23)cc1. The van der Waals surface area contributed by atoms with Gasteiger partial charge in [-0.25, -0.2) is 9.97 Å². The van der Waals surface area contributed by atoms with Crippen molar-refractivity contribution >= 4 is 22.5 Å². The summed E-state index contributed by atoms with van der Waals surface area (Å²) in [5.41, 5.74) is 17.1. The molecule has 0 unspecified atom stereocenters. The largest absolute Gasteiger partial charge is 0.228 e. The van der Waals surface area contributed by atoms with Gasteiger partial charge in [0.1, 0.15) is 0 Å². The Balaban J connectivity index is 1.09. The summed E-state index contributed by atoms with van der Waals surface area (Å²) in [4.78, 5) is 13.0.